The molecule has 1 aromatic carbocycles. The van der Waals surface area contributed by atoms with Crippen LogP contribution in [0, 0.1) is 0 Å². The highest BCUT2D eigenvalue weighted by molar-refractivity contribution is 6.44. The van der Waals surface area contributed by atoms with Crippen LogP contribution in [0.3, 0.4) is 0 Å². The highest BCUT2D eigenvalue weighted by atomic mass is 35.5. The Kier molecular flexibility index (Phi) is 3.48. The molecule has 0 aliphatic heterocycles. The summed E-state index contributed by atoms with van der Waals surface area (Å²) < 4.78 is 0. The number of rotatable bonds is 3. The molecule has 1 aromatic rings. The molecule has 2 N–H and O–H groups in total. The lowest BCUT2D eigenvalue weighted by Gasteiger charge is -2.01. The minimum absolute atomic E-state index is 0.0733. The van der Waals surface area contributed by atoms with Crippen molar-refractivity contribution in [2.75, 3.05) is 7.11 Å². The topological polar surface area (TPSA) is 64.7 Å². The first-order chi connectivity index (χ1) is 6.65. The zero-order chi connectivity index (χ0) is 10.6. The van der Waals surface area contributed by atoms with E-state index < -0.39 is 5.91 Å². The average Bonchev–Trinajstić information content (AvgIpc) is 2.15. The summed E-state index contributed by atoms with van der Waals surface area (Å²) >= 11 is 5.69. The van der Waals surface area contributed by atoms with E-state index in [2.05, 4.69) is 9.99 Å². The van der Waals surface area contributed by atoms with E-state index in [1.165, 1.54) is 7.11 Å². The molecular weight excluding hydrogens is 204 g/mol. The van der Waals surface area contributed by atoms with Gasteiger partial charge in [-0.25, -0.2) is 0 Å². The van der Waals surface area contributed by atoms with Crippen molar-refractivity contribution in [3.8, 4) is 0 Å². The van der Waals surface area contributed by atoms with Crippen molar-refractivity contribution in [2.24, 2.45) is 10.9 Å². The molecule has 0 fully saturated rings. The standard InChI is InChI=1S/C9H9ClN2O2/c1-14-12-8(9(11)13)6-2-4-7(10)5-3-6/h2-5H,1H3,(H2,11,13). The predicted molar refractivity (Wildman–Crippen MR) is 54.2 cm³/mol. The number of halogens is 1. The number of hydrogen-bond acceptors (Lipinski definition) is 3. The Bertz CT molecular complexity index is 360. The van der Waals surface area contributed by atoms with Crippen molar-refractivity contribution in [1.29, 1.82) is 0 Å². The Morgan fingerprint density at radius 1 is 1.43 bits per heavy atom. The third-order valence-corrected chi connectivity index (χ3v) is 1.79. The fourth-order valence-corrected chi connectivity index (χ4v) is 1.06. The van der Waals surface area contributed by atoms with Gasteiger partial charge in [-0.05, 0) is 12.1 Å². The second kappa shape index (κ2) is 4.62. The Morgan fingerprint density at radius 2 is 2.00 bits per heavy atom. The molecule has 0 saturated heterocycles. The fraction of sp³-hybridized carbons (Fsp3) is 0.111. The van der Waals surface area contributed by atoms with Gasteiger partial charge in [0.05, 0.1) is 0 Å². The summed E-state index contributed by atoms with van der Waals surface area (Å²) in [4.78, 5) is 15.5. The van der Waals surface area contributed by atoms with Crippen molar-refractivity contribution in [2.45, 2.75) is 0 Å². The summed E-state index contributed by atoms with van der Waals surface area (Å²) in [5.41, 5.74) is 5.76. The van der Waals surface area contributed by atoms with Gasteiger partial charge in [-0.15, -0.1) is 0 Å². The van der Waals surface area contributed by atoms with Crippen molar-refractivity contribution >= 4 is 23.2 Å². The van der Waals surface area contributed by atoms with E-state index in [0.29, 0.717) is 10.6 Å². The van der Waals surface area contributed by atoms with E-state index >= 15 is 0 Å². The average molecular weight is 213 g/mol. The van der Waals surface area contributed by atoms with E-state index in [-0.39, 0.29) is 5.71 Å². The van der Waals surface area contributed by atoms with E-state index in [9.17, 15) is 4.79 Å². The Labute approximate surface area is 86.3 Å². The lowest BCUT2D eigenvalue weighted by Crippen LogP contribution is -2.24. The molecule has 1 rings (SSSR count). The highest BCUT2D eigenvalue weighted by Gasteiger charge is 2.10. The summed E-state index contributed by atoms with van der Waals surface area (Å²) in [5, 5.41) is 4.10. The monoisotopic (exact) mass is 212 g/mol. The molecule has 0 unspecified atom stereocenters. The number of primary amides is 1. The summed E-state index contributed by atoms with van der Waals surface area (Å²) in [7, 11) is 1.35. The third kappa shape index (κ3) is 2.47. The Morgan fingerprint density at radius 3 is 2.43 bits per heavy atom. The number of nitrogens with zero attached hydrogens (tertiary/aromatic N) is 1. The molecule has 0 aliphatic carbocycles. The van der Waals surface area contributed by atoms with Crippen LogP contribution in [0.25, 0.3) is 0 Å². The molecular formula is C9H9ClN2O2. The van der Waals surface area contributed by atoms with Crippen molar-refractivity contribution in [3.63, 3.8) is 0 Å². The van der Waals surface area contributed by atoms with Gasteiger partial charge in [-0.1, -0.05) is 28.9 Å². The number of amides is 1. The van der Waals surface area contributed by atoms with Gasteiger partial charge >= 0.3 is 0 Å². The molecule has 74 valence electrons. The smallest absolute Gasteiger partial charge is 0.271 e. The van der Waals surface area contributed by atoms with Gasteiger partial charge in [0.25, 0.3) is 5.91 Å². The molecule has 0 heterocycles. The SMILES string of the molecule is CON=C(C(N)=O)c1ccc(Cl)cc1. The summed E-state index contributed by atoms with van der Waals surface area (Å²) in [6, 6.07) is 6.58. The number of nitrogens with two attached hydrogens (primary N) is 1. The summed E-state index contributed by atoms with van der Waals surface area (Å²) in [6.45, 7) is 0. The lowest BCUT2D eigenvalue weighted by molar-refractivity contribution is -0.112. The van der Waals surface area contributed by atoms with Crippen molar-refractivity contribution < 1.29 is 9.63 Å². The van der Waals surface area contributed by atoms with Crippen LogP contribution in [0.4, 0.5) is 0 Å². The second-order valence-corrected chi connectivity index (χ2v) is 2.93. The summed E-state index contributed by atoms with van der Waals surface area (Å²) in [6.07, 6.45) is 0. The molecule has 0 saturated carbocycles. The lowest BCUT2D eigenvalue weighted by atomic mass is 10.1. The van der Waals surface area contributed by atoms with Gasteiger partial charge in [0, 0.05) is 10.6 Å². The fourth-order valence-electron chi connectivity index (χ4n) is 0.939. The van der Waals surface area contributed by atoms with Gasteiger partial charge in [-0.3, -0.25) is 4.79 Å². The van der Waals surface area contributed by atoms with Crippen LogP contribution in [0.15, 0.2) is 29.4 Å². The number of oxime groups is 1. The molecule has 0 aliphatic rings. The maximum atomic E-state index is 11.0. The van der Waals surface area contributed by atoms with Crippen LogP contribution >= 0.6 is 11.6 Å². The molecule has 0 atom stereocenters. The zero-order valence-corrected chi connectivity index (χ0v) is 8.28. The second-order valence-electron chi connectivity index (χ2n) is 2.49. The molecule has 0 radical (unpaired) electrons. The molecule has 14 heavy (non-hydrogen) atoms. The molecule has 0 bridgehead atoms. The van der Waals surface area contributed by atoms with Gasteiger partial charge in [0.15, 0.2) is 5.71 Å². The largest absolute Gasteiger partial charge is 0.398 e. The number of hydrogen-bond donors (Lipinski definition) is 1. The Balaban J connectivity index is 3.06. The van der Waals surface area contributed by atoms with Crippen molar-refractivity contribution in [1.82, 2.24) is 0 Å². The summed E-state index contributed by atoms with van der Waals surface area (Å²) in [5.74, 6) is -0.644. The minimum Gasteiger partial charge on any atom is -0.398 e. The van der Waals surface area contributed by atoms with E-state index in [4.69, 9.17) is 17.3 Å². The van der Waals surface area contributed by atoms with Crippen LogP contribution in [-0.2, 0) is 9.63 Å². The van der Waals surface area contributed by atoms with Crippen molar-refractivity contribution in [3.05, 3.63) is 34.9 Å². The van der Waals surface area contributed by atoms with Crippen LogP contribution < -0.4 is 5.73 Å². The number of benzene rings is 1. The van der Waals surface area contributed by atoms with Gasteiger partial charge in [0.2, 0.25) is 0 Å². The maximum Gasteiger partial charge on any atom is 0.271 e. The Hall–Kier alpha value is -1.55. The maximum absolute atomic E-state index is 11.0. The molecule has 1 amide bonds. The van der Waals surface area contributed by atoms with Crippen LogP contribution in [0.2, 0.25) is 5.02 Å². The zero-order valence-electron chi connectivity index (χ0n) is 7.53. The number of carbonyl (C=O) groups is 1. The number of carbonyl (C=O) groups excluding carboxylic acids is 1. The van der Waals surface area contributed by atoms with E-state index in [1.807, 2.05) is 0 Å². The first-order valence-corrected chi connectivity index (χ1v) is 4.20. The van der Waals surface area contributed by atoms with Gasteiger partial charge in [0.1, 0.15) is 7.11 Å². The van der Waals surface area contributed by atoms with E-state index in [1.54, 1.807) is 24.3 Å². The minimum atomic E-state index is -0.644. The van der Waals surface area contributed by atoms with Crippen LogP contribution in [0.1, 0.15) is 5.56 Å². The normalized spacial score (nSPS) is 11.1. The molecule has 4 nitrogen and oxygen atoms in total. The third-order valence-electron chi connectivity index (χ3n) is 1.53. The quantitative estimate of drug-likeness (QED) is 0.604. The predicted octanol–water partition coefficient (Wildman–Crippen LogP) is 1.18. The van der Waals surface area contributed by atoms with Crippen LogP contribution in [0.5, 0.6) is 0 Å². The first-order valence-electron chi connectivity index (χ1n) is 3.82. The van der Waals surface area contributed by atoms with Crippen LogP contribution in [-0.4, -0.2) is 18.7 Å². The van der Waals surface area contributed by atoms with Gasteiger partial charge < -0.3 is 10.6 Å². The molecule has 0 aromatic heterocycles. The van der Waals surface area contributed by atoms with E-state index in [0.717, 1.165) is 0 Å². The molecule has 0 spiro atoms. The first kappa shape index (κ1) is 10.5. The highest BCUT2D eigenvalue weighted by Crippen LogP contribution is 2.10. The van der Waals surface area contributed by atoms with Gasteiger partial charge in [-0.2, -0.15) is 0 Å². The molecule has 5 heteroatoms.